The summed E-state index contributed by atoms with van der Waals surface area (Å²) in [5.41, 5.74) is 2.62. The lowest BCUT2D eigenvalue weighted by Crippen LogP contribution is -2.53. The predicted octanol–water partition coefficient (Wildman–Crippen LogP) is 1.99. The van der Waals surface area contributed by atoms with Crippen LogP contribution >= 0.6 is 24.0 Å². The molecule has 0 saturated carbocycles. The van der Waals surface area contributed by atoms with Crippen LogP contribution in [0.15, 0.2) is 29.3 Å². The lowest BCUT2D eigenvalue weighted by atomic mass is 10.1. The molecule has 0 spiro atoms. The first-order valence-corrected chi connectivity index (χ1v) is 10.5. The summed E-state index contributed by atoms with van der Waals surface area (Å²) in [5, 5.41) is 3.50. The van der Waals surface area contributed by atoms with Crippen molar-refractivity contribution in [1.82, 2.24) is 20.0 Å². The van der Waals surface area contributed by atoms with E-state index in [0.717, 1.165) is 58.4 Å². The van der Waals surface area contributed by atoms with Gasteiger partial charge >= 0.3 is 6.09 Å². The van der Waals surface area contributed by atoms with E-state index < -0.39 is 0 Å². The largest absolute Gasteiger partial charge is 0.450 e. The summed E-state index contributed by atoms with van der Waals surface area (Å²) >= 11 is 0. The molecule has 2 aliphatic rings. The third kappa shape index (κ3) is 6.98. The average molecular weight is 531 g/mol. The van der Waals surface area contributed by atoms with Crippen molar-refractivity contribution in [2.45, 2.75) is 20.0 Å². The van der Waals surface area contributed by atoms with Crippen LogP contribution in [-0.4, -0.2) is 92.9 Å². The summed E-state index contributed by atoms with van der Waals surface area (Å²) in [5.74, 6) is 0.870. The number of amides is 1. The van der Waals surface area contributed by atoms with Gasteiger partial charge in [0.25, 0.3) is 0 Å². The molecule has 1 N–H and O–H groups in total. The summed E-state index contributed by atoms with van der Waals surface area (Å²) < 4.78 is 10.6. The minimum atomic E-state index is -0.230. The second-order valence-electron chi connectivity index (χ2n) is 7.23. The number of nitrogens with zero attached hydrogens (tertiary/aromatic N) is 4. The Labute approximate surface area is 196 Å². The van der Waals surface area contributed by atoms with Crippen molar-refractivity contribution >= 4 is 36.0 Å². The first-order valence-electron chi connectivity index (χ1n) is 10.5. The van der Waals surface area contributed by atoms with Gasteiger partial charge in [0.2, 0.25) is 0 Å². The zero-order valence-electron chi connectivity index (χ0n) is 18.0. The predicted molar refractivity (Wildman–Crippen MR) is 128 cm³/mol. The fraction of sp³-hybridized carbons (Fsp3) is 0.619. The van der Waals surface area contributed by atoms with Crippen LogP contribution < -0.4 is 5.32 Å². The van der Waals surface area contributed by atoms with E-state index in [4.69, 9.17) is 9.47 Å². The van der Waals surface area contributed by atoms with Crippen molar-refractivity contribution in [3.05, 3.63) is 35.4 Å². The maximum Gasteiger partial charge on any atom is 0.409 e. The fourth-order valence-corrected chi connectivity index (χ4v) is 3.71. The van der Waals surface area contributed by atoms with E-state index in [0.29, 0.717) is 19.7 Å². The Morgan fingerprint density at radius 1 is 1.07 bits per heavy atom. The van der Waals surface area contributed by atoms with Crippen molar-refractivity contribution in [3.8, 4) is 0 Å². The van der Waals surface area contributed by atoms with Crippen LogP contribution in [0.2, 0.25) is 0 Å². The minimum Gasteiger partial charge on any atom is -0.450 e. The minimum absolute atomic E-state index is 0. The lowest BCUT2D eigenvalue weighted by Gasteiger charge is -2.36. The van der Waals surface area contributed by atoms with Crippen LogP contribution in [0.25, 0.3) is 0 Å². The molecule has 1 aromatic rings. The number of benzene rings is 1. The van der Waals surface area contributed by atoms with E-state index in [1.54, 1.807) is 11.9 Å². The molecule has 0 aliphatic carbocycles. The molecule has 0 aromatic heterocycles. The highest BCUT2D eigenvalue weighted by Crippen LogP contribution is 2.13. The van der Waals surface area contributed by atoms with Crippen molar-refractivity contribution in [3.63, 3.8) is 0 Å². The summed E-state index contributed by atoms with van der Waals surface area (Å²) in [6, 6.07) is 8.56. The smallest absolute Gasteiger partial charge is 0.409 e. The number of morpholine rings is 1. The molecule has 0 bridgehead atoms. The Morgan fingerprint density at radius 3 is 2.33 bits per heavy atom. The highest BCUT2D eigenvalue weighted by Gasteiger charge is 2.23. The maximum atomic E-state index is 11.9. The van der Waals surface area contributed by atoms with Gasteiger partial charge in [0.15, 0.2) is 5.96 Å². The fourth-order valence-electron chi connectivity index (χ4n) is 3.71. The van der Waals surface area contributed by atoms with Crippen LogP contribution in [-0.2, 0) is 22.6 Å². The van der Waals surface area contributed by atoms with Crippen LogP contribution in [0, 0.1) is 0 Å². The summed E-state index contributed by atoms with van der Waals surface area (Å²) in [6.45, 7) is 10.3. The first kappa shape index (κ1) is 24.7. The van der Waals surface area contributed by atoms with Gasteiger partial charge in [-0.2, -0.15) is 0 Å². The number of hydrogen-bond donors (Lipinski definition) is 1. The quantitative estimate of drug-likeness (QED) is 0.356. The number of nitrogens with one attached hydrogen (secondary N) is 1. The second-order valence-corrected chi connectivity index (χ2v) is 7.23. The number of halogens is 1. The highest BCUT2D eigenvalue weighted by atomic mass is 127. The maximum absolute atomic E-state index is 11.9. The Hall–Kier alpha value is -1.59. The number of hydrogen-bond acceptors (Lipinski definition) is 5. The van der Waals surface area contributed by atoms with Gasteiger partial charge in [-0.3, -0.25) is 9.89 Å². The van der Waals surface area contributed by atoms with Crippen LogP contribution in [0.4, 0.5) is 4.79 Å². The Bertz CT molecular complexity index is 689. The van der Waals surface area contributed by atoms with E-state index in [9.17, 15) is 4.79 Å². The molecule has 1 amide bonds. The van der Waals surface area contributed by atoms with Crippen molar-refractivity contribution in [2.24, 2.45) is 4.99 Å². The van der Waals surface area contributed by atoms with E-state index in [-0.39, 0.29) is 30.1 Å². The SMILES string of the molecule is CCOC(=O)N1CCN(C(=NC)NCc2ccccc2CN2CCOCC2)CC1.I. The molecular weight excluding hydrogens is 497 g/mol. The van der Waals surface area contributed by atoms with Gasteiger partial charge in [-0.15, -0.1) is 24.0 Å². The molecule has 2 aliphatic heterocycles. The number of ether oxygens (including phenoxy) is 2. The molecule has 3 rings (SSSR count). The molecule has 30 heavy (non-hydrogen) atoms. The molecule has 2 heterocycles. The standard InChI is InChI=1S/C21H33N5O3.HI/c1-3-29-21(27)26-10-8-25(9-11-26)20(22-2)23-16-18-6-4-5-7-19(18)17-24-12-14-28-15-13-24;/h4-7H,3,8-17H2,1-2H3,(H,22,23);1H. The Balaban J connectivity index is 0.00000320. The molecule has 2 saturated heterocycles. The highest BCUT2D eigenvalue weighted by molar-refractivity contribution is 14.0. The average Bonchev–Trinajstić information content (AvgIpc) is 2.76. The van der Waals surface area contributed by atoms with E-state index in [1.165, 1.54) is 11.1 Å². The zero-order chi connectivity index (χ0) is 20.5. The van der Waals surface area contributed by atoms with Gasteiger partial charge < -0.3 is 24.6 Å². The van der Waals surface area contributed by atoms with Gasteiger partial charge in [-0.25, -0.2) is 4.79 Å². The monoisotopic (exact) mass is 531 g/mol. The summed E-state index contributed by atoms with van der Waals surface area (Å²) in [6.07, 6.45) is -0.230. The molecule has 2 fully saturated rings. The van der Waals surface area contributed by atoms with Crippen molar-refractivity contribution in [1.29, 1.82) is 0 Å². The number of guanidine groups is 1. The van der Waals surface area contributed by atoms with Crippen molar-refractivity contribution in [2.75, 3.05) is 66.1 Å². The van der Waals surface area contributed by atoms with Crippen LogP contribution in [0.1, 0.15) is 18.1 Å². The Kier molecular flexibility index (Phi) is 10.7. The van der Waals surface area contributed by atoms with Crippen LogP contribution in [0.3, 0.4) is 0 Å². The topological polar surface area (TPSA) is 69.6 Å². The van der Waals surface area contributed by atoms with Gasteiger partial charge in [0.1, 0.15) is 0 Å². The number of piperazine rings is 1. The second kappa shape index (κ2) is 13.0. The molecule has 0 unspecified atom stereocenters. The number of carbonyl (C=O) groups excluding carboxylic acids is 1. The summed E-state index contributed by atoms with van der Waals surface area (Å²) in [7, 11) is 1.81. The van der Waals surface area contributed by atoms with Gasteiger partial charge in [0, 0.05) is 59.4 Å². The van der Waals surface area contributed by atoms with E-state index in [1.807, 2.05) is 6.92 Å². The molecule has 0 radical (unpaired) electrons. The molecule has 9 heteroatoms. The third-order valence-corrected chi connectivity index (χ3v) is 5.37. The molecule has 0 atom stereocenters. The van der Waals surface area contributed by atoms with Crippen LogP contribution in [0.5, 0.6) is 0 Å². The van der Waals surface area contributed by atoms with Gasteiger partial charge in [-0.05, 0) is 18.1 Å². The van der Waals surface area contributed by atoms with Crippen molar-refractivity contribution < 1.29 is 14.3 Å². The normalized spacial score (nSPS) is 18.0. The van der Waals surface area contributed by atoms with Gasteiger partial charge in [0.05, 0.1) is 19.8 Å². The van der Waals surface area contributed by atoms with E-state index >= 15 is 0 Å². The Morgan fingerprint density at radius 2 is 1.70 bits per heavy atom. The van der Waals surface area contributed by atoms with E-state index in [2.05, 4.69) is 44.4 Å². The molecule has 8 nitrogen and oxygen atoms in total. The summed E-state index contributed by atoms with van der Waals surface area (Å²) in [4.78, 5) is 22.7. The number of aliphatic imine (C=N–C) groups is 1. The zero-order valence-corrected chi connectivity index (χ0v) is 20.3. The lowest BCUT2D eigenvalue weighted by molar-refractivity contribution is 0.0340. The first-order chi connectivity index (χ1) is 14.2. The van der Waals surface area contributed by atoms with Gasteiger partial charge in [-0.1, -0.05) is 24.3 Å². The number of carbonyl (C=O) groups is 1. The molecule has 168 valence electrons. The molecule has 1 aromatic carbocycles. The molecular formula is C21H34IN5O3. The number of rotatable bonds is 5. The third-order valence-electron chi connectivity index (χ3n) is 5.37.